The van der Waals surface area contributed by atoms with Gasteiger partial charge in [0.2, 0.25) is 11.8 Å². The number of benzene rings is 1. The van der Waals surface area contributed by atoms with Crippen LogP contribution in [0.5, 0.6) is 0 Å². The fourth-order valence-corrected chi connectivity index (χ4v) is 4.93. The molecule has 0 unspecified atom stereocenters. The second kappa shape index (κ2) is 8.91. The zero-order chi connectivity index (χ0) is 20.1. The lowest BCUT2D eigenvalue weighted by molar-refractivity contribution is -0.136. The average molecular weight is 399 g/mol. The second-order valence-corrected chi connectivity index (χ2v) is 8.55. The Labute approximate surface area is 172 Å². The van der Waals surface area contributed by atoms with E-state index < -0.39 is 5.41 Å². The van der Waals surface area contributed by atoms with Crippen LogP contribution >= 0.6 is 11.3 Å². The Morgan fingerprint density at radius 2 is 1.86 bits per heavy atom. The number of likely N-dealkylation sites (tertiary alicyclic amines) is 1. The SMILES string of the molecule is CCC(CC)C(=O)N1CC[C@](Cc2ccc(-c3ccsc3)cc2)(C(=O)NC)C1. The molecule has 1 aliphatic rings. The van der Waals surface area contributed by atoms with Gasteiger partial charge < -0.3 is 10.2 Å². The second-order valence-electron chi connectivity index (χ2n) is 7.77. The van der Waals surface area contributed by atoms with Crippen molar-refractivity contribution in [2.75, 3.05) is 20.1 Å². The lowest BCUT2D eigenvalue weighted by atomic mass is 9.79. The van der Waals surface area contributed by atoms with Crippen molar-refractivity contribution in [1.82, 2.24) is 10.2 Å². The van der Waals surface area contributed by atoms with Gasteiger partial charge in [-0.2, -0.15) is 11.3 Å². The lowest BCUT2D eigenvalue weighted by Gasteiger charge is -2.29. The van der Waals surface area contributed by atoms with E-state index in [1.807, 2.05) is 4.90 Å². The van der Waals surface area contributed by atoms with E-state index in [2.05, 4.69) is 60.3 Å². The minimum atomic E-state index is -0.541. The molecular formula is C23H30N2O2S. The Morgan fingerprint density at radius 3 is 2.43 bits per heavy atom. The number of amides is 2. The van der Waals surface area contributed by atoms with E-state index in [1.54, 1.807) is 18.4 Å². The quantitative estimate of drug-likeness (QED) is 0.753. The molecule has 0 bridgehead atoms. The summed E-state index contributed by atoms with van der Waals surface area (Å²) < 4.78 is 0. The Balaban J connectivity index is 1.78. The number of thiophene rings is 1. The van der Waals surface area contributed by atoms with Crippen molar-refractivity contribution in [3.63, 3.8) is 0 Å². The van der Waals surface area contributed by atoms with Gasteiger partial charge in [-0.1, -0.05) is 38.1 Å². The summed E-state index contributed by atoms with van der Waals surface area (Å²) in [5.74, 6) is 0.295. The van der Waals surface area contributed by atoms with E-state index >= 15 is 0 Å². The number of carbonyl (C=O) groups excluding carboxylic acids is 2. The summed E-state index contributed by atoms with van der Waals surface area (Å²) >= 11 is 1.69. The lowest BCUT2D eigenvalue weighted by Crippen LogP contribution is -2.44. The first-order valence-corrected chi connectivity index (χ1v) is 11.1. The molecule has 4 nitrogen and oxygen atoms in total. The molecule has 1 atom stereocenters. The van der Waals surface area contributed by atoms with E-state index in [1.165, 1.54) is 11.1 Å². The Morgan fingerprint density at radius 1 is 1.14 bits per heavy atom. The molecule has 5 heteroatoms. The van der Waals surface area contributed by atoms with Crippen LogP contribution in [0.15, 0.2) is 41.1 Å². The van der Waals surface area contributed by atoms with Gasteiger partial charge in [0.15, 0.2) is 0 Å². The van der Waals surface area contributed by atoms with Crippen LogP contribution in [0, 0.1) is 11.3 Å². The highest BCUT2D eigenvalue weighted by molar-refractivity contribution is 7.08. The van der Waals surface area contributed by atoms with Gasteiger partial charge in [-0.05, 0) is 59.2 Å². The van der Waals surface area contributed by atoms with Gasteiger partial charge in [-0.3, -0.25) is 9.59 Å². The third-order valence-electron chi connectivity index (χ3n) is 6.06. The van der Waals surface area contributed by atoms with Crippen LogP contribution in [-0.4, -0.2) is 36.9 Å². The molecule has 3 rings (SSSR count). The Hall–Kier alpha value is -2.14. The first-order chi connectivity index (χ1) is 13.5. The number of rotatable bonds is 7. The van der Waals surface area contributed by atoms with Crippen molar-refractivity contribution >= 4 is 23.2 Å². The van der Waals surface area contributed by atoms with Crippen molar-refractivity contribution in [3.8, 4) is 11.1 Å². The maximum Gasteiger partial charge on any atom is 0.228 e. The summed E-state index contributed by atoms with van der Waals surface area (Å²) in [6.45, 7) is 5.29. The van der Waals surface area contributed by atoms with Crippen LogP contribution in [-0.2, 0) is 16.0 Å². The van der Waals surface area contributed by atoms with Gasteiger partial charge in [0.25, 0.3) is 0 Å². The fraction of sp³-hybridized carbons (Fsp3) is 0.478. The van der Waals surface area contributed by atoms with Crippen LogP contribution in [0.1, 0.15) is 38.7 Å². The minimum Gasteiger partial charge on any atom is -0.359 e. The van der Waals surface area contributed by atoms with Crippen molar-refractivity contribution in [2.45, 2.75) is 39.5 Å². The predicted octanol–water partition coefficient (Wildman–Crippen LogP) is 4.36. The highest BCUT2D eigenvalue weighted by Crippen LogP contribution is 2.36. The van der Waals surface area contributed by atoms with E-state index in [4.69, 9.17) is 0 Å². The number of hydrogen-bond donors (Lipinski definition) is 1. The summed E-state index contributed by atoms with van der Waals surface area (Å²) in [5.41, 5.74) is 3.01. The van der Waals surface area contributed by atoms with E-state index in [0.29, 0.717) is 25.9 Å². The predicted molar refractivity (Wildman–Crippen MR) is 115 cm³/mol. The van der Waals surface area contributed by atoms with Crippen molar-refractivity contribution in [2.24, 2.45) is 11.3 Å². The number of hydrogen-bond acceptors (Lipinski definition) is 3. The molecule has 2 heterocycles. The van der Waals surface area contributed by atoms with Gasteiger partial charge >= 0.3 is 0 Å². The van der Waals surface area contributed by atoms with Crippen LogP contribution in [0.3, 0.4) is 0 Å². The molecule has 150 valence electrons. The molecule has 28 heavy (non-hydrogen) atoms. The normalized spacial score (nSPS) is 19.2. The molecule has 2 amide bonds. The molecular weight excluding hydrogens is 368 g/mol. The van der Waals surface area contributed by atoms with Gasteiger partial charge in [0.1, 0.15) is 0 Å². The number of carbonyl (C=O) groups is 2. The highest BCUT2D eigenvalue weighted by atomic mass is 32.1. The average Bonchev–Trinajstić information content (AvgIpc) is 3.40. The third kappa shape index (κ3) is 4.14. The molecule has 0 radical (unpaired) electrons. The molecule has 1 aliphatic heterocycles. The standard InChI is InChI=1S/C23H30N2O2S/c1-4-18(5-2)21(26)25-12-11-23(16-25,22(27)24-3)14-17-6-8-19(9-7-17)20-10-13-28-15-20/h6-10,13,15,18H,4-5,11-12,14,16H2,1-3H3,(H,24,27)/t23-/m1/s1. The van der Waals surface area contributed by atoms with Gasteiger partial charge in [-0.25, -0.2) is 0 Å². The Bertz CT molecular complexity index is 797. The van der Waals surface area contributed by atoms with Gasteiger partial charge in [0, 0.05) is 26.1 Å². The van der Waals surface area contributed by atoms with Crippen molar-refractivity contribution in [1.29, 1.82) is 0 Å². The molecule has 1 saturated heterocycles. The summed E-state index contributed by atoms with van der Waals surface area (Å²) in [7, 11) is 1.69. The van der Waals surface area contributed by atoms with Gasteiger partial charge in [0.05, 0.1) is 5.41 Å². The third-order valence-corrected chi connectivity index (χ3v) is 6.74. The van der Waals surface area contributed by atoms with Gasteiger partial charge in [-0.15, -0.1) is 0 Å². The zero-order valence-electron chi connectivity index (χ0n) is 17.0. The summed E-state index contributed by atoms with van der Waals surface area (Å²) in [4.78, 5) is 27.6. The van der Waals surface area contributed by atoms with Crippen LogP contribution in [0.25, 0.3) is 11.1 Å². The molecule has 0 saturated carbocycles. The zero-order valence-corrected chi connectivity index (χ0v) is 17.8. The van der Waals surface area contributed by atoms with Crippen LogP contribution < -0.4 is 5.32 Å². The largest absolute Gasteiger partial charge is 0.359 e. The Kier molecular flexibility index (Phi) is 6.55. The molecule has 0 aliphatic carbocycles. The first-order valence-electron chi connectivity index (χ1n) is 10.2. The molecule has 2 aromatic rings. The van der Waals surface area contributed by atoms with Crippen molar-refractivity contribution in [3.05, 3.63) is 46.7 Å². The van der Waals surface area contributed by atoms with Crippen LogP contribution in [0.2, 0.25) is 0 Å². The smallest absolute Gasteiger partial charge is 0.228 e. The first kappa shape index (κ1) is 20.6. The monoisotopic (exact) mass is 398 g/mol. The van der Waals surface area contributed by atoms with E-state index in [0.717, 1.165) is 18.4 Å². The summed E-state index contributed by atoms with van der Waals surface area (Å²) in [5, 5.41) is 7.06. The minimum absolute atomic E-state index is 0.0364. The number of nitrogens with zero attached hydrogens (tertiary/aromatic N) is 1. The van der Waals surface area contributed by atoms with E-state index in [-0.39, 0.29) is 17.7 Å². The maximum atomic E-state index is 12.8. The van der Waals surface area contributed by atoms with E-state index in [9.17, 15) is 9.59 Å². The molecule has 1 aromatic heterocycles. The maximum absolute atomic E-state index is 12.8. The van der Waals surface area contributed by atoms with Crippen molar-refractivity contribution < 1.29 is 9.59 Å². The van der Waals surface area contributed by atoms with Crippen LogP contribution in [0.4, 0.5) is 0 Å². The molecule has 1 fully saturated rings. The molecule has 0 spiro atoms. The summed E-state index contributed by atoms with van der Waals surface area (Å²) in [6.07, 6.45) is 3.07. The summed E-state index contributed by atoms with van der Waals surface area (Å²) in [6, 6.07) is 10.6. The number of nitrogens with one attached hydrogen (secondary N) is 1. The molecule has 1 aromatic carbocycles. The highest BCUT2D eigenvalue weighted by Gasteiger charge is 2.46. The molecule has 1 N–H and O–H groups in total. The topological polar surface area (TPSA) is 49.4 Å². The fourth-order valence-electron chi connectivity index (χ4n) is 4.27.